The van der Waals surface area contributed by atoms with Gasteiger partial charge in [0.25, 0.3) is 5.56 Å². The minimum absolute atomic E-state index is 0.118. The van der Waals surface area contributed by atoms with E-state index in [1.807, 2.05) is 6.92 Å². The number of nitrogens with two attached hydrogens (primary N) is 1. The summed E-state index contributed by atoms with van der Waals surface area (Å²) >= 11 is 0. The van der Waals surface area contributed by atoms with Crippen molar-refractivity contribution in [1.82, 2.24) is 9.97 Å². The smallest absolute Gasteiger partial charge is 0.251 e. The van der Waals surface area contributed by atoms with Crippen LogP contribution in [0.4, 0.5) is 0 Å². The number of aromatic nitrogens is 2. The zero-order valence-corrected chi connectivity index (χ0v) is 13.4. The first-order chi connectivity index (χ1) is 9.91. The molecule has 0 amide bonds. The van der Waals surface area contributed by atoms with E-state index in [4.69, 9.17) is 10.5 Å². The van der Waals surface area contributed by atoms with Crippen LogP contribution in [0.3, 0.4) is 0 Å². The summed E-state index contributed by atoms with van der Waals surface area (Å²) in [4.78, 5) is 19.4. The number of ether oxygens (including phenoxy) is 1. The van der Waals surface area contributed by atoms with Crippen molar-refractivity contribution in [1.29, 1.82) is 0 Å². The van der Waals surface area contributed by atoms with Crippen LogP contribution < -0.4 is 11.3 Å². The Bertz CT molecular complexity index is 527. The zero-order valence-electron chi connectivity index (χ0n) is 13.4. The van der Waals surface area contributed by atoms with Gasteiger partial charge in [0.15, 0.2) is 0 Å². The van der Waals surface area contributed by atoms with Crippen LogP contribution >= 0.6 is 0 Å². The normalized spacial score (nSPS) is 20.4. The summed E-state index contributed by atoms with van der Waals surface area (Å²) in [5.74, 6) is 0.677. The Morgan fingerprint density at radius 1 is 1.33 bits per heavy atom. The molecule has 2 rings (SSSR count). The maximum Gasteiger partial charge on any atom is 0.251 e. The highest BCUT2D eigenvalue weighted by Crippen LogP contribution is 2.46. The number of nitrogens with one attached hydrogen (secondary N) is 1. The molecule has 1 heterocycles. The van der Waals surface area contributed by atoms with Crippen molar-refractivity contribution in [2.75, 3.05) is 13.2 Å². The van der Waals surface area contributed by atoms with E-state index >= 15 is 0 Å². The highest BCUT2D eigenvalue weighted by Gasteiger charge is 2.42. The second-order valence-corrected chi connectivity index (χ2v) is 6.72. The van der Waals surface area contributed by atoms with Crippen LogP contribution in [0.25, 0.3) is 0 Å². The van der Waals surface area contributed by atoms with E-state index in [1.54, 1.807) is 0 Å². The fourth-order valence-electron chi connectivity index (χ4n) is 3.06. The molecule has 5 heteroatoms. The molecule has 1 aromatic heterocycles. The van der Waals surface area contributed by atoms with Crippen LogP contribution in [-0.4, -0.2) is 23.1 Å². The van der Waals surface area contributed by atoms with E-state index in [2.05, 4.69) is 23.8 Å². The van der Waals surface area contributed by atoms with Crippen molar-refractivity contribution in [3.05, 3.63) is 27.9 Å². The molecule has 0 bridgehead atoms. The van der Waals surface area contributed by atoms with Crippen molar-refractivity contribution in [2.45, 2.75) is 58.5 Å². The topological polar surface area (TPSA) is 81.0 Å². The summed E-state index contributed by atoms with van der Waals surface area (Å²) in [6.45, 7) is 7.66. The quantitative estimate of drug-likeness (QED) is 0.871. The van der Waals surface area contributed by atoms with Gasteiger partial charge in [-0.05, 0) is 44.6 Å². The monoisotopic (exact) mass is 293 g/mol. The SMILES string of the molecule is CCOC1(c2nc(CCN)cc(=O)[nH]2)CCC(C)(C)CC1. The number of rotatable bonds is 5. The summed E-state index contributed by atoms with van der Waals surface area (Å²) < 4.78 is 6.07. The molecule has 118 valence electrons. The molecule has 3 N–H and O–H groups in total. The predicted molar refractivity (Wildman–Crippen MR) is 83.2 cm³/mol. The molecular formula is C16H27N3O2. The minimum atomic E-state index is -0.450. The standard InChI is InChI=1S/C16H27N3O2/c1-4-21-16(8-6-15(2,3)7-9-16)14-18-12(5-10-17)11-13(20)19-14/h11H,4-10,17H2,1-3H3,(H,18,19,20). The van der Waals surface area contributed by atoms with Crippen molar-refractivity contribution >= 4 is 0 Å². The Hall–Kier alpha value is -1.20. The van der Waals surface area contributed by atoms with Crippen LogP contribution in [0.15, 0.2) is 10.9 Å². The summed E-state index contributed by atoms with van der Waals surface area (Å²) in [7, 11) is 0. The molecule has 1 aromatic rings. The van der Waals surface area contributed by atoms with Crippen LogP contribution in [0.5, 0.6) is 0 Å². The van der Waals surface area contributed by atoms with Crippen LogP contribution in [0, 0.1) is 5.41 Å². The predicted octanol–water partition coefficient (Wildman–Crippen LogP) is 2.10. The van der Waals surface area contributed by atoms with Gasteiger partial charge in [-0.2, -0.15) is 0 Å². The molecule has 1 fully saturated rings. The molecule has 0 aliphatic heterocycles. The third kappa shape index (κ3) is 3.71. The average molecular weight is 293 g/mol. The van der Waals surface area contributed by atoms with Crippen molar-refractivity contribution < 1.29 is 4.74 Å². The molecule has 1 saturated carbocycles. The maximum absolute atomic E-state index is 11.9. The molecule has 1 aliphatic rings. The molecule has 0 atom stereocenters. The second kappa shape index (κ2) is 6.28. The van der Waals surface area contributed by atoms with Crippen molar-refractivity contribution in [3.63, 3.8) is 0 Å². The van der Waals surface area contributed by atoms with E-state index in [0.717, 1.165) is 31.4 Å². The van der Waals surface area contributed by atoms with Crippen LogP contribution in [0.2, 0.25) is 0 Å². The Balaban J connectivity index is 2.36. The number of aromatic amines is 1. The van der Waals surface area contributed by atoms with Gasteiger partial charge in [0.1, 0.15) is 11.4 Å². The number of nitrogens with zero attached hydrogens (tertiary/aromatic N) is 1. The van der Waals surface area contributed by atoms with E-state index in [9.17, 15) is 4.79 Å². The van der Waals surface area contributed by atoms with E-state index in [0.29, 0.717) is 30.8 Å². The Labute approximate surface area is 126 Å². The molecule has 0 radical (unpaired) electrons. The molecule has 5 nitrogen and oxygen atoms in total. The summed E-state index contributed by atoms with van der Waals surface area (Å²) in [6.07, 6.45) is 4.53. The lowest BCUT2D eigenvalue weighted by molar-refractivity contribution is -0.0950. The zero-order chi connectivity index (χ0) is 15.5. The maximum atomic E-state index is 11.9. The molecule has 1 aliphatic carbocycles. The number of H-pyrrole nitrogens is 1. The molecule has 0 aromatic carbocycles. The van der Waals surface area contributed by atoms with E-state index in [-0.39, 0.29) is 5.56 Å². The molecule has 0 unspecified atom stereocenters. The molecular weight excluding hydrogens is 266 g/mol. The summed E-state index contributed by atoms with van der Waals surface area (Å²) in [5, 5.41) is 0. The molecule has 21 heavy (non-hydrogen) atoms. The van der Waals surface area contributed by atoms with Gasteiger partial charge in [0.2, 0.25) is 0 Å². The highest BCUT2D eigenvalue weighted by atomic mass is 16.5. The van der Waals surface area contributed by atoms with Gasteiger partial charge >= 0.3 is 0 Å². The fourth-order valence-corrected chi connectivity index (χ4v) is 3.06. The van der Waals surface area contributed by atoms with Crippen molar-refractivity contribution in [2.24, 2.45) is 11.1 Å². The Morgan fingerprint density at radius 3 is 2.57 bits per heavy atom. The average Bonchev–Trinajstić information content (AvgIpc) is 2.41. The molecule has 0 spiro atoms. The largest absolute Gasteiger partial charge is 0.367 e. The number of hydrogen-bond donors (Lipinski definition) is 2. The third-order valence-electron chi connectivity index (χ3n) is 4.46. The van der Waals surface area contributed by atoms with Gasteiger partial charge in [-0.1, -0.05) is 13.8 Å². The third-order valence-corrected chi connectivity index (χ3v) is 4.46. The second-order valence-electron chi connectivity index (χ2n) is 6.72. The lowest BCUT2D eigenvalue weighted by Gasteiger charge is -2.42. The molecule has 0 saturated heterocycles. The van der Waals surface area contributed by atoms with Gasteiger partial charge in [-0.25, -0.2) is 4.98 Å². The first kappa shape index (κ1) is 16.2. The lowest BCUT2D eigenvalue weighted by Crippen LogP contribution is -2.40. The van der Waals surface area contributed by atoms with Gasteiger partial charge in [0.05, 0.1) is 0 Å². The van der Waals surface area contributed by atoms with Crippen LogP contribution in [0.1, 0.15) is 58.0 Å². The summed E-state index contributed by atoms with van der Waals surface area (Å²) in [6, 6.07) is 1.53. The van der Waals surface area contributed by atoms with Crippen LogP contribution in [-0.2, 0) is 16.8 Å². The first-order valence-corrected chi connectivity index (χ1v) is 7.85. The van der Waals surface area contributed by atoms with Gasteiger partial charge < -0.3 is 15.5 Å². The first-order valence-electron chi connectivity index (χ1n) is 7.85. The Morgan fingerprint density at radius 2 is 2.00 bits per heavy atom. The highest BCUT2D eigenvalue weighted by molar-refractivity contribution is 5.11. The summed E-state index contributed by atoms with van der Waals surface area (Å²) in [5.41, 5.74) is 6.09. The van der Waals surface area contributed by atoms with Gasteiger partial charge in [-0.15, -0.1) is 0 Å². The van der Waals surface area contributed by atoms with E-state index in [1.165, 1.54) is 6.07 Å². The van der Waals surface area contributed by atoms with Gasteiger partial charge in [-0.3, -0.25) is 4.79 Å². The van der Waals surface area contributed by atoms with Crippen molar-refractivity contribution in [3.8, 4) is 0 Å². The minimum Gasteiger partial charge on any atom is -0.367 e. The number of hydrogen-bond acceptors (Lipinski definition) is 4. The van der Waals surface area contributed by atoms with Gasteiger partial charge in [0, 0.05) is 24.8 Å². The van der Waals surface area contributed by atoms with E-state index < -0.39 is 5.60 Å². The fraction of sp³-hybridized carbons (Fsp3) is 0.750. The lowest BCUT2D eigenvalue weighted by atomic mass is 9.70. The Kier molecular flexibility index (Phi) is 4.84.